The first-order valence-electron chi connectivity index (χ1n) is 6.27. The number of sulfone groups is 1. The predicted molar refractivity (Wildman–Crippen MR) is 70.3 cm³/mol. The lowest BCUT2D eigenvalue weighted by atomic mass is 9.78. The lowest BCUT2D eigenvalue weighted by molar-refractivity contribution is -0.150. The van der Waals surface area contributed by atoms with Crippen molar-refractivity contribution in [2.75, 3.05) is 18.8 Å². The first kappa shape index (κ1) is 15.4. The quantitative estimate of drug-likeness (QED) is 0.802. The summed E-state index contributed by atoms with van der Waals surface area (Å²) in [5.74, 6) is -0.955. The van der Waals surface area contributed by atoms with Gasteiger partial charge in [-0.3, -0.25) is 4.79 Å². The Hall–Kier alpha value is -0.620. The Balaban J connectivity index is 2.79. The van der Waals surface area contributed by atoms with Gasteiger partial charge in [-0.05, 0) is 46.6 Å². The highest BCUT2D eigenvalue weighted by Gasteiger charge is 2.41. The zero-order valence-corrected chi connectivity index (χ0v) is 12.1. The number of piperidine rings is 1. The molecule has 0 amide bonds. The Morgan fingerprint density at radius 3 is 2.39 bits per heavy atom. The summed E-state index contributed by atoms with van der Waals surface area (Å²) in [5, 5.41) is 12.4. The van der Waals surface area contributed by atoms with Crippen LogP contribution < -0.4 is 5.32 Å². The summed E-state index contributed by atoms with van der Waals surface area (Å²) in [6, 6.07) is 0. The van der Waals surface area contributed by atoms with Gasteiger partial charge in [0.2, 0.25) is 0 Å². The van der Waals surface area contributed by atoms with Crippen LogP contribution in [-0.2, 0) is 14.6 Å². The number of nitrogens with one attached hydrogen (secondary N) is 1. The summed E-state index contributed by atoms with van der Waals surface area (Å²) in [6.07, 6.45) is 1.52. The van der Waals surface area contributed by atoms with E-state index in [4.69, 9.17) is 0 Å². The SMILES string of the molecule is CC(C)(C)S(=O)(=O)CCC1(C(=O)O)CCCNC1. The molecule has 106 valence electrons. The molecule has 0 aromatic carbocycles. The van der Waals surface area contributed by atoms with Crippen LogP contribution in [0.4, 0.5) is 0 Å². The molecule has 2 N–H and O–H groups in total. The van der Waals surface area contributed by atoms with Gasteiger partial charge in [0, 0.05) is 6.54 Å². The van der Waals surface area contributed by atoms with Gasteiger partial charge in [0.05, 0.1) is 15.9 Å². The molecule has 18 heavy (non-hydrogen) atoms. The third-order valence-electron chi connectivity index (χ3n) is 3.71. The Bertz CT molecular complexity index is 402. The minimum absolute atomic E-state index is 0.0650. The first-order valence-corrected chi connectivity index (χ1v) is 7.92. The minimum atomic E-state index is -3.26. The fraction of sp³-hybridized carbons (Fsp3) is 0.917. The topological polar surface area (TPSA) is 83.5 Å². The van der Waals surface area contributed by atoms with Gasteiger partial charge < -0.3 is 10.4 Å². The van der Waals surface area contributed by atoms with E-state index in [0.29, 0.717) is 13.0 Å². The molecule has 1 aliphatic rings. The van der Waals surface area contributed by atoms with Gasteiger partial charge in [-0.2, -0.15) is 0 Å². The van der Waals surface area contributed by atoms with Crippen LogP contribution in [0.25, 0.3) is 0 Å². The molecule has 0 spiro atoms. The van der Waals surface area contributed by atoms with Gasteiger partial charge in [-0.1, -0.05) is 0 Å². The molecule has 1 fully saturated rings. The van der Waals surface area contributed by atoms with Crippen LogP contribution >= 0.6 is 0 Å². The molecular weight excluding hydrogens is 254 g/mol. The van der Waals surface area contributed by atoms with Crippen LogP contribution in [-0.4, -0.2) is 43.1 Å². The fourth-order valence-corrected chi connectivity index (χ4v) is 3.38. The van der Waals surface area contributed by atoms with Gasteiger partial charge in [0.15, 0.2) is 9.84 Å². The number of hydrogen-bond donors (Lipinski definition) is 2. The number of rotatable bonds is 4. The standard InChI is InChI=1S/C12H23NO4S/c1-11(2,3)18(16,17)8-6-12(10(14)15)5-4-7-13-9-12/h13H,4-9H2,1-3H3,(H,14,15). The van der Waals surface area contributed by atoms with E-state index >= 15 is 0 Å². The van der Waals surface area contributed by atoms with E-state index in [2.05, 4.69) is 5.32 Å². The van der Waals surface area contributed by atoms with E-state index in [1.807, 2.05) is 0 Å². The summed E-state index contributed by atoms with van der Waals surface area (Å²) in [5.41, 5.74) is -0.920. The van der Waals surface area contributed by atoms with Gasteiger partial charge in [-0.15, -0.1) is 0 Å². The van der Waals surface area contributed by atoms with Crippen LogP contribution in [0.5, 0.6) is 0 Å². The smallest absolute Gasteiger partial charge is 0.310 e. The molecule has 1 aliphatic heterocycles. The Morgan fingerprint density at radius 2 is 2.00 bits per heavy atom. The molecule has 1 saturated heterocycles. The van der Waals surface area contributed by atoms with E-state index in [9.17, 15) is 18.3 Å². The van der Waals surface area contributed by atoms with Crippen LogP contribution in [0.1, 0.15) is 40.0 Å². The monoisotopic (exact) mass is 277 g/mol. The van der Waals surface area contributed by atoms with Crippen molar-refractivity contribution in [2.45, 2.75) is 44.8 Å². The van der Waals surface area contributed by atoms with Gasteiger partial charge >= 0.3 is 5.97 Å². The van der Waals surface area contributed by atoms with Gasteiger partial charge in [-0.25, -0.2) is 8.42 Å². The molecule has 1 rings (SSSR count). The first-order chi connectivity index (χ1) is 8.11. The molecule has 0 bridgehead atoms. The maximum Gasteiger partial charge on any atom is 0.310 e. The van der Waals surface area contributed by atoms with Crippen LogP contribution in [0.3, 0.4) is 0 Å². The number of carbonyl (C=O) groups is 1. The molecule has 1 atom stereocenters. The molecular formula is C12H23NO4S. The maximum atomic E-state index is 12.0. The summed E-state index contributed by atoms with van der Waals surface area (Å²) in [4.78, 5) is 11.4. The van der Waals surface area contributed by atoms with Gasteiger partial charge in [0.25, 0.3) is 0 Å². The Morgan fingerprint density at radius 1 is 1.39 bits per heavy atom. The predicted octanol–water partition coefficient (Wildman–Crippen LogP) is 1.04. The van der Waals surface area contributed by atoms with E-state index in [0.717, 1.165) is 13.0 Å². The van der Waals surface area contributed by atoms with E-state index in [1.165, 1.54) is 0 Å². The van der Waals surface area contributed by atoms with Crippen LogP contribution in [0.2, 0.25) is 0 Å². The van der Waals surface area contributed by atoms with Crippen molar-refractivity contribution in [1.82, 2.24) is 5.32 Å². The molecule has 5 nitrogen and oxygen atoms in total. The molecule has 0 aromatic rings. The average molecular weight is 277 g/mol. The molecule has 1 unspecified atom stereocenters. The highest BCUT2D eigenvalue weighted by molar-refractivity contribution is 7.92. The number of hydrogen-bond acceptors (Lipinski definition) is 4. The van der Waals surface area contributed by atoms with Crippen LogP contribution in [0.15, 0.2) is 0 Å². The molecule has 0 aliphatic carbocycles. The van der Waals surface area contributed by atoms with E-state index in [-0.39, 0.29) is 12.2 Å². The Labute approximate surface area is 109 Å². The second-order valence-corrected chi connectivity index (χ2v) is 8.91. The van der Waals surface area contributed by atoms with Crippen molar-refractivity contribution in [2.24, 2.45) is 5.41 Å². The molecule has 0 radical (unpaired) electrons. The highest BCUT2D eigenvalue weighted by atomic mass is 32.2. The molecule has 6 heteroatoms. The minimum Gasteiger partial charge on any atom is -0.481 e. The zero-order valence-electron chi connectivity index (χ0n) is 11.3. The Kier molecular flexibility index (Phi) is 4.43. The lowest BCUT2D eigenvalue weighted by Crippen LogP contribution is -2.47. The maximum absolute atomic E-state index is 12.0. The van der Waals surface area contributed by atoms with Crippen molar-refractivity contribution in [3.63, 3.8) is 0 Å². The largest absolute Gasteiger partial charge is 0.481 e. The van der Waals surface area contributed by atoms with Crippen molar-refractivity contribution in [1.29, 1.82) is 0 Å². The fourth-order valence-electron chi connectivity index (χ4n) is 2.11. The molecule has 0 aromatic heterocycles. The van der Waals surface area contributed by atoms with Crippen molar-refractivity contribution >= 4 is 15.8 Å². The van der Waals surface area contributed by atoms with Crippen LogP contribution in [0, 0.1) is 5.41 Å². The summed E-state index contributed by atoms with van der Waals surface area (Å²) in [6.45, 7) is 6.11. The summed E-state index contributed by atoms with van der Waals surface area (Å²) < 4.78 is 23.3. The normalized spacial score (nSPS) is 25.9. The summed E-state index contributed by atoms with van der Waals surface area (Å²) >= 11 is 0. The molecule has 0 saturated carbocycles. The third kappa shape index (κ3) is 3.23. The van der Waals surface area contributed by atoms with Crippen molar-refractivity contribution in [3.8, 4) is 0 Å². The second-order valence-electron chi connectivity index (χ2n) is 6.05. The number of carboxylic acids is 1. The third-order valence-corrected chi connectivity index (χ3v) is 6.32. The zero-order chi connectivity index (χ0) is 14.0. The molecule has 1 heterocycles. The second kappa shape index (κ2) is 5.17. The highest BCUT2D eigenvalue weighted by Crippen LogP contribution is 2.32. The summed E-state index contributed by atoms with van der Waals surface area (Å²) in [7, 11) is -3.26. The lowest BCUT2D eigenvalue weighted by Gasteiger charge is -2.34. The van der Waals surface area contributed by atoms with Crippen molar-refractivity contribution in [3.05, 3.63) is 0 Å². The van der Waals surface area contributed by atoms with E-state index in [1.54, 1.807) is 20.8 Å². The van der Waals surface area contributed by atoms with Gasteiger partial charge in [0.1, 0.15) is 0 Å². The van der Waals surface area contributed by atoms with E-state index < -0.39 is 26.0 Å². The van der Waals surface area contributed by atoms with Crippen molar-refractivity contribution < 1.29 is 18.3 Å². The number of carboxylic acid groups (broad SMARTS) is 1. The number of aliphatic carboxylic acids is 1. The average Bonchev–Trinajstić information content (AvgIpc) is 2.26.